The van der Waals surface area contributed by atoms with Crippen LogP contribution in [0.2, 0.25) is 5.15 Å². The molecule has 0 aliphatic rings. The maximum absolute atomic E-state index is 5.71. The van der Waals surface area contributed by atoms with Gasteiger partial charge in [0.15, 0.2) is 5.84 Å². The van der Waals surface area contributed by atoms with Gasteiger partial charge in [-0.25, -0.2) is 4.98 Å². The molecule has 2 rings (SSSR count). The average molecular weight is 286 g/mol. The second kappa shape index (κ2) is 7.16. The van der Waals surface area contributed by atoms with Gasteiger partial charge in [0, 0.05) is 6.21 Å². The van der Waals surface area contributed by atoms with Crippen molar-refractivity contribution in [1.29, 1.82) is 0 Å². The van der Waals surface area contributed by atoms with Crippen LogP contribution in [0.5, 0.6) is 0 Å². The largest absolute Gasteiger partial charge is 0.380 e. The molecule has 0 aliphatic heterocycles. The number of benzene rings is 1. The van der Waals surface area contributed by atoms with Gasteiger partial charge in [0.2, 0.25) is 0 Å². The summed E-state index contributed by atoms with van der Waals surface area (Å²) in [5, 5.41) is 7.91. The number of nitrogens with zero attached hydrogens (tertiary/aromatic N) is 4. The molecule has 1 aromatic heterocycles. The Kier molecular flexibility index (Phi) is 4.97. The number of hydrogen-bond donors (Lipinski definition) is 1. The number of allylic oxidation sites excluding steroid dienone is 1. The molecule has 0 aliphatic carbocycles. The van der Waals surface area contributed by atoms with Crippen molar-refractivity contribution < 1.29 is 0 Å². The van der Waals surface area contributed by atoms with Gasteiger partial charge in [-0.2, -0.15) is 5.10 Å². The number of amidine groups is 1. The van der Waals surface area contributed by atoms with Gasteiger partial charge < -0.3 is 5.73 Å². The summed E-state index contributed by atoms with van der Waals surface area (Å²) in [6.07, 6.45) is 8.12. The van der Waals surface area contributed by atoms with Crippen LogP contribution in [-0.2, 0) is 0 Å². The van der Waals surface area contributed by atoms with E-state index < -0.39 is 0 Å². The SMILES string of the molecule is N\C(=N/N=C/C=C/c1ccccc1)c1cncc(Cl)n1. The molecule has 0 atom stereocenters. The fourth-order valence-corrected chi connectivity index (χ4v) is 1.52. The Hall–Kier alpha value is -2.53. The van der Waals surface area contributed by atoms with Crippen LogP contribution in [0.25, 0.3) is 6.08 Å². The molecule has 0 bridgehead atoms. The minimum atomic E-state index is 0.157. The van der Waals surface area contributed by atoms with Crippen LogP contribution < -0.4 is 5.73 Å². The Morgan fingerprint density at radius 1 is 1.20 bits per heavy atom. The van der Waals surface area contributed by atoms with E-state index in [1.165, 1.54) is 18.6 Å². The molecule has 100 valence electrons. The zero-order valence-corrected chi connectivity index (χ0v) is 11.3. The number of rotatable bonds is 4. The highest BCUT2D eigenvalue weighted by molar-refractivity contribution is 6.29. The van der Waals surface area contributed by atoms with Crippen LogP contribution in [-0.4, -0.2) is 22.0 Å². The van der Waals surface area contributed by atoms with E-state index in [2.05, 4.69) is 20.2 Å². The molecule has 2 aromatic rings. The Labute approximate surface area is 121 Å². The van der Waals surface area contributed by atoms with Crippen molar-refractivity contribution in [2.45, 2.75) is 0 Å². The molecule has 1 aromatic carbocycles. The normalized spacial score (nSPS) is 12.3. The predicted octanol–water partition coefficient (Wildman–Crippen LogP) is 2.53. The lowest BCUT2D eigenvalue weighted by atomic mass is 10.2. The number of nitrogens with two attached hydrogens (primary N) is 1. The predicted molar refractivity (Wildman–Crippen MR) is 81.7 cm³/mol. The first-order chi connectivity index (χ1) is 9.75. The number of hydrogen-bond acceptors (Lipinski definition) is 4. The van der Waals surface area contributed by atoms with E-state index in [1.807, 2.05) is 36.4 Å². The van der Waals surface area contributed by atoms with Crippen molar-refractivity contribution in [3.8, 4) is 0 Å². The second-order valence-corrected chi connectivity index (χ2v) is 4.13. The molecule has 2 N–H and O–H groups in total. The van der Waals surface area contributed by atoms with Gasteiger partial charge in [0.05, 0.1) is 12.4 Å². The summed E-state index contributed by atoms with van der Waals surface area (Å²) in [7, 11) is 0. The Morgan fingerprint density at radius 2 is 2.00 bits per heavy atom. The minimum absolute atomic E-state index is 0.157. The molecule has 0 amide bonds. The van der Waals surface area contributed by atoms with E-state index in [9.17, 15) is 0 Å². The highest BCUT2D eigenvalue weighted by Gasteiger charge is 2.00. The van der Waals surface area contributed by atoms with E-state index >= 15 is 0 Å². The fraction of sp³-hybridized carbons (Fsp3) is 0. The average Bonchev–Trinajstić information content (AvgIpc) is 2.48. The molecule has 6 heteroatoms. The van der Waals surface area contributed by atoms with Crippen molar-refractivity contribution in [2.75, 3.05) is 0 Å². The molecule has 20 heavy (non-hydrogen) atoms. The first kappa shape index (κ1) is 13.9. The molecule has 1 heterocycles. The molecule has 0 unspecified atom stereocenters. The third-order valence-corrected chi connectivity index (χ3v) is 2.46. The lowest BCUT2D eigenvalue weighted by molar-refractivity contribution is 1.15. The van der Waals surface area contributed by atoms with Crippen molar-refractivity contribution >= 4 is 29.7 Å². The Morgan fingerprint density at radius 3 is 2.75 bits per heavy atom. The van der Waals surface area contributed by atoms with Gasteiger partial charge in [-0.3, -0.25) is 4.98 Å². The van der Waals surface area contributed by atoms with E-state index in [-0.39, 0.29) is 11.0 Å². The monoisotopic (exact) mass is 285 g/mol. The van der Waals surface area contributed by atoms with Gasteiger partial charge >= 0.3 is 0 Å². The van der Waals surface area contributed by atoms with E-state index in [0.717, 1.165) is 5.56 Å². The summed E-state index contributed by atoms with van der Waals surface area (Å²) >= 11 is 5.71. The molecule has 0 saturated heterocycles. The molecule has 0 fully saturated rings. The van der Waals surface area contributed by atoms with Gasteiger partial charge in [-0.15, -0.1) is 5.10 Å². The number of aromatic nitrogens is 2. The van der Waals surface area contributed by atoms with E-state index in [0.29, 0.717) is 5.69 Å². The first-order valence-corrected chi connectivity index (χ1v) is 6.19. The van der Waals surface area contributed by atoms with Crippen molar-refractivity contribution in [3.63, 3.8) is 0 Å². The minimum Gasteiger partial charge on any atom is -0.380 e. The first-order valence-electron chi connectivity index (χ1n) is 5.82. The molecule has 0 radical (unpaired) electrons. The van der Waals surface area contributed by atoms with Gasteiger partial charge in [-0.1, -0.05) is 48.0 Å². The van der Waals surface area contributed by atoms with Crippen molar-refractivity contribution in [2.24, 2.45) is 15.9 Å². The highest BCUT2D eigenvalue weighted by Crippen LogP contribution is 2.02. The van der Waals surface area contributed by atoms with Crippen molar-refractivity contribution in [1.82, 2.24) is 9.97 Å². The van der Waals surface area contributed by atoms with Crippen LogP contribution in [0.3, 0.4) is 0 Å². The summed E-state index contributed by atoms with van der Waals surface area (Å²) in [5.41, 5.74) is 7.18. The molecular formula is C14H12ClN5. The van der Waals surface area contributed by atoms with Crippen molar-refractivity contribution in [3.05, 3.63) is 65.2 Å². The molecule has 5 nitrogen and oxygen atoms in total. The van der Waals surface area contributed by atoms with Gasteiger partial charge in [-0.05, 0) is 11.6 Å². The lowest BCUT2D eigenvalue weighted by Gasteiger charge is -1.96. The standard InChI is InChI=1S/C14H12ClN5/c15-13-10-17-9-12(19-13)14(16)20-18-8-4-7-11-5-2-1-3-6-11/h1-10H,(H2,16,20)/b7-4+,18-8+. The van der Waals surface area contributed by atoms with E-state index in [1.54, 1.807) is 6.08 Å². The van der Waals surface area contributed by atoms with Crippen LogP contribution in [0.4, 0.5) is 0 Å². The fourth-order valence-electron chi connectivity index (χ4n) is 1.37. The second-order valence-electron chi connectivity index (χ2n) is 3.75. The third kappa shape index (κ3) is 4.29. The van der Waals surface area contributed by atoms with E-state index in [4.69, 9.17) is 17.3 Å². The topological polar surface area (TPSA) is 76.5 Å². The van der Waals surface area contributed by atoms with Crippen LogP contribution in [0.1, 0.15) is 11.3 Å². The zero-order chi connectivity index (χ0) is 14.2. The quantitative estimate of drug-likeness (QED) is 0.533. The van der Waals surface area contributed by atoms with Gasteiger partial charge in [0.25, 0.3) is 0 Å². The maximum atomic E-state index is 5.71. The molecule has 0 spiro atoms. The Balaban J connectivity index is 1.98. The molecule has 0 saturated carbocycles. The summed E-state index contributed by atoms with van der Waals surface area (Å²) in [5.74, 6) is 0.157. The Bertz CT molecular complexity index is 650. The summed E-state index contributed by atoms with van der Waals surface area (Å²) in [6.45, 7) is 0. The lowest BCUT2D eigenvalue weighted by Crippen LogP contribution is -2.14. The summed E-state index contributed by atoms with van der Waals surface area (Å²) in [4.78, 5) is 7.84. The third-order valence-electron chi connectivity index (χ3n) is 2.27. The summed E-state index contributed by atoms with van der Waals surface area (Å²) < 4.78 is 0. The maximum Gasteiger partial charge on any atom is 0.173 e. The zero-order valence-electron chi connectivity index (χ0n) is 10.5. The highest BCUT2D eigenvalue weighted by atomic mass is 35.5. The summed E-state index contributed by atoms with van der Waals surface area (Å²) in [6, 6.07) is 9.87. The van der Waals surface area contributed by atoms with Crippen LogP contribution in [0, 0.1) is 0 Å². The van der Waals surface area contributed by atoms with Gasteiger partial charge in [0.1, 0.15) is 10.8 Å². The smallest absolute Gasteiger partial charge is 0.173 e. The van der Waals surface area contributed by atoms with Crippen LogP contribution in [0.15, 0.2) is 59.0 Å². The molecular weight excluding hydrogens is 274 g/mol. The number of halogens is 1. The van der Waals surface area contributed by atoms with Crippen LogP contribution >= 0.6 is 11.6 Å².